The van der Waals surface area contributed by atoms with E-state index in [0.29, 0.717) is 16.6 Å². The van der Waals surface area contributed by atoms with Gasteiger partial charge in [-0.25, -0.2) is 0 Å². The number of methoxy groups -OCH3 is 2. The molecule has 0 aliphatic carbocycles. The molecule has 0 atom stereocenters. The van der Waals surface area contributed by atoms with Crippen LogP contribution in [0.3, 0.4) is 0 Å². The van der Waals surface area contributed by atoms with Crippen molar-refractivity contribution in [3.8, 4) is 11.5 Å². The van der Waals surface area contributed by atoms with E-state index in [1.165, 1.54) is 5.56 Å². The van der Waals surface area contributed by atoms with Crippen molar-refractivity contribution in [3.05, 3.63) is 53.1 Å². The van der Waals surface area contributed by atoms with Crippen LogP contribution in [0, 0.1) is 0 Å². The number of hydrogen-bond acceptors (Lipinski definition) is 3. The molecule has 2 N–H and O–H groups in total. The lowest BCUT2D eigenvalue weighted by Gasteiger charge is -2.13. The summed E-state index contributed by atoms with van der Waals surface area (Å²) < 4.78 is 10.5. The number of rotatable bonds is 7. The van der Waals surface area contributed by atoms with Crippen molar-refractivity contribution in [1.29, 1.82) is 0 Å². The van der Waals surface area contributed by atoms with Crippen LogP contribution in [0.2, 0.25) is 5.02 Å². The van der Waals surface area contributed by atoms with E-state index in [1.807, 2.05) is 42.5 Å². The van der Waals surface area contributed by atoms with Crippen molar-refractivity contribution in [3.63, 3.8) is 0 Å². The zero-order valence-electron chi connectivity index (χ0n) is 13.8. The lowest BCUT2D eigenvalue weighted by atomic mass is 10.1. The number of hydrogen-bond donors (Lipinski definition) is 2. The summed E-state index contributed by atoms with van der Waals surface area (Å²) in [6.07, 6.45) is 1.96. The van der Waals surface area contributed by atoms with E-state index >= 15 is 0 Å². The van der Waals surface area contributed by atoms with E-state index in [4.69, 9.17) is 33.3 Å². The number of halogens is 1. The SMILES string of the molecule is COc1ccc(NC(=S)NCCCc2ccc(Cl)cc2)cc1OC. The quantitative estimate of drug-likeness (QED) is 0.567. The normalized spacial score (nSPS) is 10.1. The highest BCUT2D eigenvalue weighted by molar-refractivity contribution is 7.80. The van der Waals surface area contributed by atoms with Crippen molar-refractivity contribution in [2.45, 2.75) is 12.8 Å². The molecule has 0 aliphatic rings. The summed E-state index contributed by atoms with van der Waals surface area (Å²) in [7, 11) is 3.22. The molecule has 2 aromatic rings. The Labute approximate surface area is 153 Å². The number of nitrogens with one attached hydrogen (secondary N) is 2. The fraction of sp³-hybridized carbons (Fsp3) is 0.278. The van der Waals surface area contributed by atoms with Gasteiger partial charge in [-0.1, -0.05) is 23.7 Å². The van der Waals surface area contributed by atoms with Crippen LogP contribution in [0.15, 0.2) is 42.5 Å². The Balaban J connectivity index is 1.76. The summed E-state index contributed by atoms with van der Waals surface area (Å²) >= 11 is 11.2. The van der Waals surface area contributed by atoms with Gasteiger partial charge in [0, 0.05) is 23.3 Å². The summed E-state index contributed by atoms with van der Waals surface area (Å²) in [4.78, 5) is 0. The molecular formula is C18H21ClN2O2S. The fourth-order valence-corrected chi connectivity index (χ4v) is 2.58. The van der Waals surface area contributed by atoms with E-state index in [0.717, 1.165) is 30.1 Å². The van der Waals surface area contributed by atoms with Gasteiger partial charge in [0.25, 0.3) is 0 Å². The summed E-state index contributed by atoms with van der Waals surface area (Å²) in [6.45, 7) is 0.793. The Bertz CT molecular complexity index is 677. The van der Waals surface area contributed by atoms with Crippen molar-refractivity contribution < 1.29 is 9.47 Å². The summed E-state index contributed by atoms with van der Waals surface area (Å²) in [5.74, 6) is 1.35. The minimum absolute atomic E-state index is 0.582. The molecule has 0 fully saturated rings. The van der Waals surface area contributed by atoms with Gasteiger partial charge in [-0.05, 0) is 54.9 Å². The molecule has 0 heterocycles. The lowest BCUT2D eigenvalue weighted by molar-refractivity contribution is 0.355. The second kappa shape index (κ2) is 9.35. The van der Waals surface area contributed by atoms with Crippen LogP contribution < -0.4 is 20.1 Å². The van der Waals surface area contributed by atoms with E-state index in [2.05, 4.69) is 10.6 Å². The first-order chi connectivity index (χ1) is 11.6. The first-order valence-electron chi connectivity index (χ1n) is 7.63. The molecule has 0 aromatic heterocycles. The molecule has 0 saturated carbocycles. The van der Waals surface area contributed by atoms with Crippen LogP contribution >= 0.6 is 23.8 Å². The topological polar surface area (TPSA) is 42.5 Å². The highest BCUT2D eigenvalue weighted by atomic mass is 35.5. The second-order valence-electron chi connectivity index (χ2n) is 5.18. The number of aryl methyl sites for hydroxylation is 1. The van der Waals surface area contributed by atoms with Gasteiger partial charge in [0.15, 0.2) is 16.6 Å². The van der Waals surface area contributed by atoms with Crippen molar-refractivity contribution in [1.82, 2.24) is 5.32 Å². The molecule has 0 spiro atoms. The molecule has 24 heavy (non-hydrogen) atoms. The summed E-state index contributed by atoms with van der Waals surface area (Å²) in [6, 6.07) is 13.5. The van der Waals surface area contributed by atoms with E-state index in [-0.39, 0.29) is 0 Å². The Morgan fingerprint density at radius 1 is 1.04 bits per heavy atom. The minimum Gasteiger partial charge on any atom is -0.493 e. The Hall–Kier alpha value is -1.98. The Morgan fingerprint density at radius 2 is 1.75 bits per heavy atom. The fourth-order valence-electron chi connectivity index (χ4n) is 2.23. The Kier molecular flexibility index (Phi) is 7.15. The third-order valence-electron chi connectivity index (χ3n) is 3.48. The largest absolute Gasteiger partial charge is 0.493 e. The Morgan fingerprint density at radius 3 is 2.42 bits per heavy atom. The van der Waals surface area contributed by atoms with E-state index in [9.17, 15) is 0 Å². The maximum Gasteiger partial charge on any atom is 0.170 e. The molecule has 0 radical (unpaired) electrons. The molecule has 0 amide bonds. The van der Waals surface area contributed by atoms with Gasteiger partial charge in [-0.3, -0.25) is 0 Å². The standard InChI is InChI=1S/C18H21ClN2O2S/c1-22-16-10-9-15(12-17(16)23-2)21-18(24)20-11-3-4-13-5-7-14(19)8-6-13/h5-10,12H,3-4,11H2,1-2H3,(H2,20,21,24). The molecule has 6 heteroatoms. The van der Waals surface area contributed by atoms with Crippen LogP contribution in [0.25, 0.3) is 0 Å². The van der Waals surface area contributed by atoms with Crippen LogP contribution in [-0.2, 0) is 6.42 Å². The van der Waals surface area contributed by atoms with Gasteiger partial charge in [-0.15, -0.1) is 0 Å². The third kappa shape index (κ3) is 5.58. The average molecular weight is 365 g/mol. The van der Waals surface area contributed by atoms with Crippen molar-refractivity contribution >= 4 is 34.6 Å². The predicted molar refractivity (Wildman–Crippen MR) is 104 cm³/mol. The molecular weight excluding hydrogens is 344 g/mol. The number of ether oxygens (including phenoxy) is 2. The van der Waals surface area contributed by atoms with E-state index < -0.39 is 0 Å². The minimum atomic E-state index is 0.582. The molecule has 0 bridgehead atoms. The third-order valence-corrected chi connectivity index (χ3v) is 3.98. The first kappa shape index (κ1) is 18.4. The predicted octanol–water partition coefficient (Wildman–Crippen LogP) is 4.28. The smallest absolute Gasteiger partial charge is 0.170 e. The summed E-state index contributed by atoms with van der Waals surface area (Å²) in [5, 5.41) is 7.69. The molecule has 2 rings (SSSR count). The van der Waals surface area contributed by atoms with Crippen molar-refractivity contribution in [2.24, 2.45) is 0 Å². The first-order valence-corrected chi connectivity index (χ1v) is 8.42. The van der Waals surface area contributed by atoms with Gasteiger partial charge < -0.3 is 20.1 Å². The monoisotopic (exact) mass is 364 g/mol. The van der Waals surface area contributed by atoms with Crippen LogP contribution in [0.4, 0.5) is 5.69 Å². The van der Waals surface area contributed by atoms with Crippen LogP contribution in [-0.4, -0.2) is 25.9 Å². The summed E-state index contributed by atoms with van der Waals surface area (Å²) in [5.41, 5.74) is 2.11. The average Bonchev–Trinajstić information content (AvgIpc) is 2.60. The van der Waals surface area contributed by atoms with Crippen molar-refractivity contribution in [2.75, 3.05) is 26.1 Å². The van der Waals surface area contributed by atoms with Gasteiger partial charge in [0.2, 0.25) is 0 Å². The van der Waals surface area contributed by atoms with E-state index in [1.54, 1.807) is 14.2 Å². The highest BCUT2D eigenvalue weighted by Crippen LogP contribution is 2.29. The number of anilines is 1. The zero-order valence-corrected chi connectivity index (χ0v) is 15.3. The van der Waals surface area contributed by atoms with Crippen LogP contribution in [0.1, 0.15) is 12.0 Å². The van der Waals surface area contributed by atoms with Gasteiger partial charge in [0.1, 0.15) is 0 Å². The molecule has 2 aromatic carbocycles. The zero-order chi connectivity index (χ0) is 17.4. The maximum atomic E-state index is 5.88. The number of thiocarbonyl (C=S) groups is 1. The molecule has 128 valence electrons. The van der Waals surface area contributed by atoms with Gasteiger partial charge >= 0.3 is 0 Å². The maximum absolute atomic E-state index is 5.88. The van der Waals surface area contributed by atoms with Gasteiger partial charge in [0.05, 0.1) is 14.2 Å². The van der Waals surface area contributed by atoms with Crippen LogP contribution in [0.5, 0.6) is 11.5 Å². The number of benzene rings is 2. The molecule has 0 unspecified atom stereocenters. The lowest BCUT2D eigenvalue weighted by Crippen LogP contribution is -2.29. The molecule has 4 nitrogen and oxygen atoms in total. The highest BCUT2D eigenvalue weighted by Gasteiger charge is 2.05. The molecule has 0 aliphatic heterocycles. The molecule has 0 saturated heterocycles. The second-order valence-corrected chi connectivity index (χ2v) is 6.03. The van der Waals surface area contributed by atoms with Gasteiger partial charge in [-0.2, -0.15) is 0 Å².